The molecule has 0 amide bonds. The van der Waals surface area contributed by atoms with Gasteiger partial charge in [-0.2, -0.15) is 0 Å². The molecule has 0 spiro atoms. The van der Waals surface area contributed by atoms with Gasteiger partial charge in [-0.15, -0.1) is 0 Å². The molecule has 0 aromatic carbocycles. The first-order valence-electron chi connectivity index (χ1n) is 29.8. The summed E-state index contributed by atoms with van der Waals surface area (Å²) in [5.74, 6) is -5.08. The first kappa shape index (κ1) is 74.2. The van der Waals surface area contributed by atoms with Crippen molar-refractivity contribution in [1.82, 2.24) is 0 Å². The predicted molar refractivity (Wildman–Crippen MR) is 305 cm³/mol. The molecule has 480 valence electrons. The molecule has 22 nitrogen and oxygen atoms in total. The fourth-order valence-corrected chi connectivity index (χ4v) is 10.9. The molecule has 0 radical (unpaired) electrons. The van der Waals surface area contributed by atoms with Crippen molar-refractivity contribution in [2.24, 2.45) is 41.4 Å². The molecule has 0 aromatic heterocycles. The molecule has 2 saturated heterocycles. The van der Waals surface area contributed by atoms with Crippen molar-refractivity contribution in [1.29, 1.82) is 0 Å². The third-order valence-corrected chi connectivity index (χ3v) is 17.2. The Morgan fingerprint density at radius 3 is 1.76 bits per heavy atom. The maximum Gasteiger partial charge on any atom is 0.333 e. The van der Waals surface area contributed by atoms with Gasteiger partial charge in [0.1, 0.15) is 42.7 Å². The molecule has 2 fully saturated rings. The van der Waals surface area contributed by atoms with Gasteiger partial charge in [-0.05, 0) is 76.7 Å². The Balaban J connectivity index is 1.88. The highest BCUT2D eigenvalue weighted by atomic mass is 16.7. The minimum absolute atomic E-state index is 0.118. The lowest BCUT2D eigenvalue weighted by Crippen LogP contribution is -2.60. The van der Waals surface area contributed by atoms with Crippen LogP contribution >= 0.6 is 0 Å². The molecule has 27 unspecified atom stereocenters. The van der Waals surface area contributed by atoms with Gasteiger partial charge in [0.2, 0.25) is 0 Å². The first-order chi connectivity index (χ1) is 38.9. The summed E-state index contributed by atoms with van der Waals surface area (Å²) < 4.78 is 22.9. The quantitative estimate of drug-likeness (QED) is 0.135. The lowest BCUT2D eigenvalue weighted by atomic mass is 9.82. The van der Waals surface area contributed by atoms with Gasteiger partial charge >= 0.3 is 11.9 Å². The largest absolute Gasteiger partial charge is 0.462 e. The summed E-state index contributed by atoms with van der Waals surface area (Å²) in [6.45, 7) is 14.2. The molecule has 3 rings (SSSR count). The molecule has 27 atom stereocenters. The number of cyclic esters (lactones) is 2. The van der Waals surface area contributed by atoms with E-state index in [0.29, 0.717) is 37.7 Å². The number of carbonyl (C=O) groups is 2. The summed E-state index contributed by atoms with van der Waals surface area (Å²) in [4.78, 5) is 25.5. The van der Waals surface area contributed by atoms with E-state index >= 15 is 0 Å². The Morgan fingerprint density at radius 1 is 0.578 bits per heavy atom. The zero-order valence-corrected chi connectivity index (χ0v) is 50.0. The maximum atomic E-state index is 13.5. The maximum absolute atomic E-state index is 13.5. The molecule has 0 bridgehead atoms. The van der Waals surface area contributed by atoms with E-state index in [2.05, 4.69) is 0 Å². The topological polar surface area (TPSA) is 395 Å². The standard InChI is InChI=1S/C61H104O22/c1-31-14-10-11-18-45(68)36(6)55(74)32(2)15-12-16-34(4)60(79)81-49(39(9)50-22-23-53(72)80-50)19-13-17-40(63)25-41(64)27-46(69)37(7)56(75)38(8)47(70)28-42(65)26-43(66)29-48(71)51(24-35(5)54(73)33(3)20-21-44(31)67)82-61-59(78)58(77)57(76)52(30-62)83-61/h10,13-14,16-17,20-21,24,31-33,36-52,54-59,61-71,73-78H,11-12,15,18-19,22-23,25-30H2,1-9H3. The van der Waals surface area contributed by atoms with E-state index in [1.807, 2.05) is 13.0 Å². The van der Waals surface area contributed by atoms with Crippen molar-refractivity contribution in [2.75, 3.05) is 6.61 Å². The van der Waals surface area contributed by atoms with Crippen molar-refractivity contribution in [3.63, 3.8) is 0 Å². The fraction of sp³-hybridized carbons (Fsp3) is 0.803. The van der Waals surface area contributed by atoms with Gasteiger partial charge in [-0.3, -0.25) is 4.79 Å². The lowest BCUT2D eigenvalue weighted by Gasteiger charge is -2.41. The first-order valence-corrected chi connectivity index (χ1v) is 29.8. The van der Waals surface area contributed by atoms with Crippen molar-refractivity contribution in [3.8, 4) is 0 Å². The Bertz CT molecular complexity index is 2050. The van der Waals surface area contributed by atoms with E-state index in [4.69, 9.17) is 18.9 Å². The highest BCUT2D eigenvalue weighted by molar-refractivity contribution is 5.87. The van der Waals surface area contributed by atoms with E-state index in [-0.39, 0.29) is 49.6 Å². The van der Waals surface area contributed by atoms with Gasteiger partial charge in [-0.25, -0.2) is 4.79 Å². The van der Waals surface area contributed by atoms with Gasteiger partial charge in [0.15, 0.2) is 6.29 Å². The van der Waals surface area contributed by atoms with Crippen molar-refractivity contribution in [3.05, 3.63) is 59.8 Å². The molecular weight excluding hydrogens is 1080 g/mol. The van der Waals surface area contributed by atoms with Crippen LogP contribution in [-0.4, -0.2) is 223 Å². The Morgan fingerprint density at radius 2 is 1.17 bits per heavy atom. The summed E-state index contributed by atoms with van der Waals surface area (Å²) in [6.07, 6.45) is -13.0. The zero-order chi connectivity index (χ0) is 62.6. The predicted octanol–water partition coefficient (Wildman–Crippen LogP) is 1.05. The van der Waals surface area contributed by atoms with Crippen LogP contribution in [0.5, 0.6) is 0 Å². The number of carbonyl (C=O) groups excluding carboxylic acids is 2. The highest BCUT2D eigenvalue weighted by Crippen LogP contribution is 2.31. The summed E-state index contributed by atoms with van der Waals surface area (Å²) >= 11 is 0. The molecule has 22 heteroatoms. The highest BCUT2D eigenvalue weighted by Gasteiger charge is 2.46. The van der Waals surface area contributed by atoms with Crippen LogP contribution in [0.15, 0.2) is 59.8 Å². The molecule has 3 aliphatic rings. The summed E-state index contributed by atoms with van der Waals surface area (Å²) in [5.41, 5.74) is 0.540. The lowest BCUT2D eigenvalue weighted by molar-refractivity contribution is -0.313. The fourth-order valence-electron chi connectivity index (χ4n) is 10.9. The number of aliphatic hydroxyl groups is 16. The van der Waals surface area contributed by atoms with Crippen molar-refractivity contribution < 1.29 is 110 Å². The summed E-state index contributed by atoms with van der Waals surface area (Å²) in [6, 6.07) is 0. The van der Waals surface area contributed by atoms with Gasteiger partial charge < -0.3 is 101 Å². The molecule has 3 aliphatic heterocycles. The average molecular weight is 1190 g/mol. The van der Waals surface area contributed by atoms with E-state index in [1.165, 1.54) is 39.0 Å². The molecule has 0 saturated carbocycles. The van der Waals surface area contributed by atoms with Crippen LogP contribution < -0.4 is 0 Å². The van der Waals surface area contributed by atoms with Crippen LogP contribution in [0.2, 0.25) is 0 Å². The normalized spacial score (nSPS) is 43.1. The third-order valence-electron chi connectivity index (χ3n) is 17.2. The number of hydrogen-bond acceptors (Lipinski definition) is 22. The number of aliphatic hydroxyl groups excluding tert-OH is 16. The number of rotatable bonds is 5. The van der Waals surface area contributed by atoms with E-state index in [0.717, 1.165) is 0 Å². The van der Waals surface area contributed by atoms with Gasteiger partial charge in [-0.1, -0.05) is 97.1 Å². The Labute approximate surface area is 490 Å². The second-order valence-electron chi connectivity index (χ2n) is 24.3. The molecule has 0 aromatic rings. The van der Waals surface area contributed by atoms with Crippen molar-refractivity contribution in [2.45, 2.75) is 262 Å². The minimum atomic E-state index is -1.88. The van der Waals surface area contributed by atoms with Crippen LogP contribution in [0.25, 0.3) is 0 Å². The zero-order valence-electron chi connectivity index (χ0n) is 50.0. The van der Waals surface area contributed by atoms with Crippen LogP contribution in [0, 0.1) is 41.4 Å². The molecule has 3 heterocycles. The summed E-state index contributed by atoms with van der Waals surface area (Å²) in [5, 5.41) is 175. The molecule has 83 heavy (non-hydrogen) atoms. The van der Waals surface area contributed by atoms with E-state index < -0.39 is 183 Å². The Hall–Kier alpha value is -3.08. The van der Waals surface area contributed by atoms with Gasteiger partial charge in [0.05, 0.1) is 79.9 Å². The smallest absolute Gasteiger partial charge is 0.333 e. The number of hydrogen-bond donors (Lipinski definition) is 16. The number of ether oxygens (including phenoxy) is 4. The van der Waals surface area contributed by atoms with E-state index in [1.54, 1.807) is 58.9 Å². The third kappa shape index (κ3) is 23.9. The van der Waals surface area contributed by atoms with Gasteiger partial charge in [0, 0.05) is 66.8 Å². The molecule has 0 aliphatic carbocycles. The van der Waals surface area contributed by atoms with Crippen LogP contribution in [0.3, 0.4) is 0 Å². The SMILES string of the molecule is CC1=CCCC(C)C(O)C(C)C(O)CCC=CC(C)C(O)C=CC(C)C(O)C(C)=CC(OC2OC(CO)C(O)C(O)C2O)C(O)CC(O)CC(O)CC(O)C(C)C(O)C(C)C(O)CC(O)CC(O)C=CCC(C(C)C2CCC(=O)O2)OC1=O. The van der Waals surface area contributed by atoms with Crippen LogP contribution in [0.4, 0.5) is 0 Å². The minimum Gasteiger partial charge on any atom is -0.462 e. The molecule has 16 N–H and O–H groups in total. The van der Waals surface area contributed by atoms with Crippen LogP contribution in [0.1, 0.15) is 139 Å². The second kappa shape index (κ2) is 36.3. The van der Waals surface area contributed by atoms with Crippen LogP contribution in [-0.2, 0) is 28.5 Å². The average Bonchev–Trinajstić information content (AvgIpc) is 4.00. The van der Waals surface area contributed by atoms with Crippen molar-refractivity contribution >= 4 is 11.9 Å². The van der Waals surface area contributed by atoms with E-state index in [9.17, 15) is 91.3 Å². The Kier molecular flexibility index (Phi) is 32.4. The van der Waals surface area contributed by atoms with Gasteiger partial charge in [0.25, 0.3) is 0 Å². The second-order valence-corrected chi connectivity index (χ2v) is 24.3. The summed E-state index contributed by atoms with van der Waals surface area (Å²) in [7, 11) is 0. The number of esters is 2. The number of allylic oxidation sites excluding steroid dienone is 2. The molecular formula is C61H104O22. The monoisotopic (exact) mass is 1190 g/mol.